The van der Waals surface area contributed by atoms with Crippen molar-refractivity contribution in [3.63, 3.8) is 0 Å². The molecule has 0 fully saturated rings. The summed E-state index contributed by atoms with van der Waals surface area (Å²) in [7, 11) is 0. The fraction of sp³-hybridized carbons (Fsp3) is 0.222. The third-order valence-corrected chi connectivity index (χ3v) is 3.31. The van der Waals surface area contributed by atoms with E-state index in [0.717, 1.165) is 5.56 Å². The number of hydrazone groups is 1. The van der Waals surface area contributed by atoms with Crippen molar-refractivity contribution in [1.29, 1.82) is 0 Å². The van der Waals surface area contributed by atoms with E-state index < -0.39 is 6.10 Å². The minimum Gasteiger partial charge on any atom is -0.493 e. The van der Waals surface area contributed by atoms with E-state index in [-0.39, 0.29) is 5.91 Å². The highest BCUT2D eigenvalue weighted by molar-refractivity contribution is 6.30. The quantitative estimate of drug-likeness (QED) is 0.615. The fourth-order valence-electron chi connectivity index (χ4n) is 1.93. The van der Waals surface area contributed by atoms with Crippen molar-refractivity contribution in [2.45, 2.75) is 20.0 Å². The summed E-state index contributed by atoms with van der Waals surface area (Å²) in [6, 6.07) is 14.3. The number of nitrogens with one attached hydrogen (secondary N) is 1. The van der Waals surface area contributed by atoms with Gasteiger partial charge in [-0.3, -0.25) is 4.79 Å². The minimum atomic E-state index is -0.706. The first-order chi connectivity index (χ1) is 11.6. The second-order valence-electron chi connectivity index (χ2n) is 4.92. The van der Waals surface area contributed by atoms with E-state index in [1.165, 1.54) is 6.21 Å². The Morgan fingerprint density at radius 3 is 2.83 bits per heavy atom. The summed E-state index contributed by atoms with van der Waals surface area (Å²) >= 11 is 5.88. The van der Waals surface area contributed by atoms with Gasteiger partial charge in [-0.1, -0.05) is 29.8 Å². The van der Waals surface area contributed by atoms with Crippen LogP contribution >= 0.6 is 11.6 Å². The van der Waals surface area contributed by atoms with Gasteiger partial charge in [-0.15, -0.1) is 0 Å². The van der Waals surface area contributed by atoms with Gasteiger partial charge in [0, 0.05) is 10.6 Å². The van der Waals surface area contributed by atoms with Crippen molar-refractivity contribution < 1.29 is 14.3 Å². The van der Waals surface area contributed by atoms with Crippen molar-refractivity contribution in [3.05, 3.63) is 59.1 Å². The Bertz CT molecular complexity index is 719. The van der Waals surface area contributed by atoms with Crippen molar-refractivity contribution in [3.8, 4) is 11.5 Å². The van der Waals surface area contributed by atoms with E-state index >= 15 is 0 Å². The lowest BCUT2D eigenvalue weighted by Crippen LogP contribution is -2.33. The van der Waals surface area contributed by atoms with E-state index in [1.54, 1.807) is 31.2 Å². The van der Waals surface area contributed by atoms with Gasteiger partial charge in [-0.05, 0) is 44.2 Å². The van der Waals surface area contributed by atoms with E-state index in [0.29, 0.717) is 23.1 Å². The first-order valence-corrected chi connectivity index (χ1v) is 7.95. The number of ether oxygens (including phenoxy) is 2. The molecule has 5 nitrogen and oxygen atoms in total. The average Bonchev–Trinajstić information content (AvgIpc) is 2.56. The number of rotatable bonds is 7. The molecule has 0 heterocycles. The zero-order valence-electron chi connectivity index (χ0n) is 13.5. The Balaban J connectivity index is 1.92. The van der Waals surface area contributed by atoms with Gasteiger partial charge in [0.2, 0.25) is 0 Å². The molecule has 0 aromatic heterocycles. The van der Waals surface area contributed by atoms with Gasteiger partial charge < -0.3 is 9.47 Å². The second kappa shape index (κ2) is 8.93. The van der Waals surface area contributed by atoms with Crippen molar-refractivity contribution >= 4 is 23.7 Å². The van der Waals surface area contributed by atoms with Crippen molar-refractivity contribution in [2.75, 3.05) is 6.61 Å². The molecule has 24 heavy (non-hydrogen) atoms. The van der Waals surface area contributed by atoms with Crippen molar-refractivity contribution in [1.82, 2.24) is 5.43 Å². The van der Waals surface area contributed by atoms with Crippen LogP contribution in [0.2, 0.25) is 5.02 Å². The normalized spacial score (nSPS) is 12.0. The van der Waals surface area contributed by atoms with Crippen LogP contribution in [0.4, 0.5) is 0 Å². The van der Waals surface area contributed by atoms with Crippen LogP contribution in [0, 0.1) is 0 Å². The lowest BCUT2D eigenvalue weighted by molar-refractivity contribution is -0.127. The third-order valence-electron chi connectivity index (χ3n) is 3.08. The standard InChI is InChI=1S/C18H19ClN2O3/c1-3-23-17-10-5-4-7-14(17)12-20-21-18(22)13(2)24-16-9-6-8-15(19)11-16/h4-13H,3H2,1-2H3,(H,21,22)/b20-12-/t13-/m1/s1. The second-order valence-corrected chi connectivity index (χ2v) is 5.36. The van der Waals surface area contributed by atoms with E-state index in [9.17, 15) is 4.79 Å². The molecule has 2 aromatic rings. The Morgan fingerprint density at radius 2 is 2.08 bits per heavy atom. The molecule has 0 radical (unpaired) electrons. The molecule has 1 amide bonds. The molecule has 0 saturated heterocycles. The molecular weight excluding hydrogens is 328 g/mol. The lowest BCUT2D eigenvalue weighted by atomic mass is 10.2. The Labute approximate surface area is 146 Å². The maximum absolute atomic E-state index is 12.0. The molecule has 1 atom stereocenters. The number of para-hydroxylation sites is 1. The number of hydrogen-bond donors (Lipinski definition) is 1. The molecule has 0 saturated carbocycles. The van der Waals surface area contributed by atoms with Crippen LogP contribution in [0.25, 0.3) is 0 Å². The van der Waals surface area contributed by atoms with Crippen LogP contribution in [-0.4, -0.2) is 24.8 Å². The first kappa shape index (κ1) is 17.8. The number of halogens is 1. The van der Waals surface area contributed by atoms with E-state index in [2.05, 4.69) is 10.5 Å². The molecule has 0 aliphatic rings. The lowest BCUT2D eigenvalue weighted by Gasteiger charge is -2.13. The maximum atomic E-state index is 12.0. The number of amides is 1. The van der Waals surface area contributed by atoms with Crippen LogP contribution in [0.15, 0.2) is 53.6 Å². The average molecular weight is 347 g/mol. The summed E-state index contributed by atoms with van der Waals surface area (Å²) < 4.78 is 11.0. The summed E-state index contributed by atoms with van der Waals surface area (Å²) in [5.74, 6) is 0.872. The number of hydrogen-bond acceptors (Lipinski definition) is 4. The first-order valence-electron chi connectivity index (χ1n) is 7.57. The highest BCUT2D eigenvalue weighted by Crippen LogP contribution is 2.18. The topological polar surface area (TPSA) is 59.9 Å². The van der Waals surface area contributed by atoms with Crippen LogP contribution < -0.4 is 14.9 Å². The smallest absolute Gasteiger partial charge is 0.280 e. The van der Waals surface area contributed by atoms with Gasteiger partial charge >= 0.3 is 0 Å². The molecule has 6 heteroatoms. The largest absolute Gasteiger partial charge is 0.493 e. The molecular formula is C18H19ClN2O3. The predicted molar refractivity (Wildman–Crippen MR) is 94.9 cm³/mol. The fourth-order valence-corrected chi connectivity index (χ4v) is 2.11. The van der Waals surface area contributed by atoms with Crippen LogP contribution in [-0.2, 0) is 4.79 Å². The minimum absolute atomic E-state index is 0.361. The van der Waals surface area contributed by atoms with Crippen molar-refractivity contribution in [2.24, 2.45) is 5.10 Å². The van der Waals surface area contributed by atoms with E-state index in [4.69, 9.17) is 21.1 Å². The number of nitrogens with zero attached hydrogens (tertiary/aromatic N) is 1. The summed E-state index contributed by atoms with van der Waals surface area (Å²) in [5, 5.41) is 4.50. The molecule has 0 bridgehead atoms. The zero-order valence-corrected chi connectivity index (χ0v) is 14.3. The van der Waals surface area contributed by atoms with Crippen LogP contribution in [0.5, 0.6) is 11.5 Å². The SMILES string of the molecule is CCOc1ccccc1/C=N\NC(=O)[C@@H](C)Oc1cccc(Cl)c1. The molecule has 0 aliphatic carbocycles. The van der Waals surface area contributed by atoms with Gasteiger partial charge in [0.15, 0.2) is 6.10 Å². The van der Waals surface area contributed by atoms with Crippen LogP contribution in [0.3, 0.4) is 0 Å². The van der Waals surface area contributed by atoms with Gasteiger partial charge in [0.1, 0.15) is 11.5 Å². The molecule has 0 aliphatic heterocycles. The number of benzene rings is 2. The Hall–Kier alpha value is -2.53. The zero-order chi connectivity index (χ0) is 17.4. The van der Waals surface area contributed by atoms with Gasteiger partial charge in [0.25, 0.3) is 5.91 Å². The van der Waals surface area contributed by atoms with Crippen LogP contribution in [0.1, 0.15) is 19.4 Å². The highest BCUT2D eigenvalue weighted by Gasteiger charge is 2.14. The van der Waals surface area contributed by atoms with Gasteiger partial charge in [-0.25, -0.2) is 5.43 Å². The molecule has 126 valence electrons. The number of carbonyl (C=O) groups excluding carboxylic acids is 1. The monoisotopic (exact) mass is 346 g/mol. The third kappa shape index (κ3) is 5.28. The Morgan fingerprint density at radius 1 is 1.29 bits per heavy atom. The summed E-state index contributed by atoms with van der Waals surface area (Å²) in [5.41, 5.74) is 3.23. The predicted octanol–water partition coefficient (Wildman–Crippen LogP) is 3.66. The summed E-state index contributed by atoms with van der Waals surface area (Å²) in [4.78, 5) is 12.0. The van der Waals surface area contributed by atoms with E-state index in [1.807, 2.05) is 31.2 Å². The highest BCUT2D eigenvalue weighted by atomic mass is 35.5. The molecule has 0 spiro atoms. The molecule has 2 aromatic carbocycles. The van der Waals surface area contributed by atoms with Gasteiger partial charge in [0.05, 0.1) is 12.8 Å². The Kier molecular flexibility index (Phi) is 6.63. The van der Waals surface area contributed by atoms with Gasteiger partial charge in [-0.2, -0.15) is 5.10 Å². The molecule has 1 N–H and O–H groups in total. The maximum Gasteiger partial charge on any atom is 0.280 e. The number of carbonyl (C=O) groups is 1. The summed E-state index contributed by atoms with van der Waals surface area (Å²) in [6.07, 6.45) is 0.831. The summed E-state index contributed by atoms with van der Waals surface area (Å²) in [6.45, 7) is 4.10. The molecule has 0 unspecified atom stereocenters. The molecule has 2 rings (SSSR count).